The fourth-order valence-corrected chi connectivity index (χ4v) is 0.418. The van der Waals surface area contributed by atoms with Gasteiger partial charge < -0.3 is 11.1 Å². The van der Waals surface area contributed by atoms with Crippen LogP contribution in [-0.2, 0) is 4.79 Å². The van der Waals surface area contributed by atoms with E-state index in [9.17, 15) is 4.79 Å². The van der Waals surface area contributed by atoms with Gasteiger partial charge in [-0.25, -0.2) is 0 Å². The molecule has 0 heterocycles. The second-order valence-corrected chi connectivity index (χ2v) is 1.74. The number of nitrogens with two attached hydrogens (primary N) is 1. The van der Waals surface area contributed by atoms with E-state index in [0.29, 0.717) is 19.5 Å². The van der Waals surface area contributed by atoms with Gasteiger partial charge in [0.1, 0.15) is 0 Å². The van der Waals surface area contributed by atoms with E-state index in [-0.39, 0.29) is 5.91 Å². The molecule has 1 radical (unpaired) electrons. The van der Waals surface area contributed by atoms with E-state index < -0.39 is 0 Å². The minimum absolute atomic E-state index is 0.0107. The highest BCUT2D eigenvalue weighted by Crippen LogP contribution is 1.74. The summed E-state index contributed by atoms with van der Waals surface area (Å²) in [4.78, 5) is 10.5. The summed E-state index contributed by atoms with van der Waals surface area (Å²) in [6.07, 6.45) is 1.15. The van der Waals surface area contributed by atoms with Crippen LogP contribution >= 0.6 is 0 Å². The van der Waals surface area contributed by atoms with Crippen LogP contribution in [0.4, 0.5) is 0 Å². The van der Waals surface area contributed by atoms with Gasteiger partial charge in [0.2, 0.25) is 5.91 Å². The van der Waals surface area contributed by atoms with Crippen molar-refractivity contribution in [1.82, 2.24) is 5.32 Å². The molecule has 3 N–H and O–H groups in total. The molecule has 53 valence electrons. The topological polar surface area (TPSA) is 55.1 Å². The minimum atomic E-state index is -0.0107. The Hall–Kier alpha value is -0.570. The third kappa shape index (κ3) is 5.30. The Morgan fingerprint density at radius 3 is 2.78 bits per heavy atom. The van der Waals surface area contributed by atoms with Crippen LogP contribution in [0.3, 0.4) is 0 Å². The van der Waals surface area contributed by atoms with Crippen LogP contribution in [0.2, 0.25) is 0 Å². The summed E-state index contributed by atoms with van der Waals surface area (Å²) in [6, 6.07) is 0. The van der Waals surface area contributed by atoms with Crippen molar-refractivity contribution in [2.75, 3.05) is 13.1 Å². The van der Waals surface area contributed by atoms with Crippen molar-refractivity contribution in [2.24, 2.45) is 5.73 Å². The first-order chi connectivity index (χ1) is 4.31. The lowest BCUT2D eigenvalue weighted by molar-refractivity contribution is -0.120. The molecule has 1 amide bonds. The minimum Gasteiger partial charge on any atom is -0.356 e. The fourth-order valence-electron chi connectivity index (χ4n) is 0.418. The molecule has 0 saturated carbocycles. The molecule has 0 unspecified atom stereocenters. The molecule has 0 bridgehead atoms. The number of nitrogens with one attached hydrogen (secondary N) is 1. The first-order valence-corrected chi connectivity index (χ1v) is 3.07. The van der Waals surface area contributed by atoms with Crippen molar-refractivity contribution in [3.8, 4) is 0 Å². The molecular weight excluding hydrogens is 116 g/mol. The van der Waals surface area contributed by atoms with E-state index in [2.05, 4.69) is 12.2 Å². The Kier molecular flexibility index (Phi) is 5.21. The SMILES string of the molecule is [CH2]CC(=O)NCCCN. The number of hydrogen-bond acceptors (Lipinski definition) is 2. The van der Waals surface area contributed by atoms with Gasteiger partial charge in [0.15, 0.2) is 0 Å². The van der Waals surface area contributed by atoms with E-state index in [0.717, 1.165) is 6.42 Å². The van der Waals surface area contributed by atoms with Gasteiger partial charge in [-0.2, -0.15) is 0 Å². The lowest BCUT2D eigenvalue weighted by Gasteiger charge is -1.99. The van der Waals surface area contributed by atoms with Gasteiger partial charge in [0.25, 0.3) is 0 Å². The molecule has 0 aromatic heterocycles. The lowest BCUT2D eigenvalue weighted by atomic mass is 10.4. The molecule has 0 fully saturated rings. The van der Waals surface area contributed by atoms with Gasteiger partial charge in [-0.15, -0.1) is 0 Å². The number of carbonyl (C=O) groups is 1. The van der Waals surface area contributed by atoms with Crippen molar-refractivity contribution in [3.05, 3.63) is 6.92 Å². The predicted octanol–water partition coefficient (Wildman–Crippen LogP) is -0.324. The van der Waals surface area contributed by atoms with Gasteiger partial charge in [-0.05, 0) is 19.9 Å². The standard InChI is InChI=1S/C6H13N2O/c1-2-6(9)8-5-3-4-7/h1-5,7H2,(H,8,9). The Morgan fingerprint density at radius 1 is 1.67 bits per heavy atom. The Labute approximate surface area is 55.6 Å². The highest BCUT2D eigenvalue weighted by molar-refractivity contribution is 5.76. The highest BCUT2D eigenvalue weighted by Gasteiger charge is 1.92. The van der Waals surface area contributed by atoms with Crippen LogP contribution in [0, 0.1) is 6.92 Å². The maximum absolute atomic E-state index is 10.5. The molecule has 9 heavy (non-hydrogen) atoms. The van der Waals surface area contributed by atoms with Crippen LogP contribution in [0.1, 0.15) is 12.8 Å². The normalized spacial score (nSPS) is 9.11. The average molecular weight is 129 g/mol. The molecule has 0 aromatic rings. The van der Waals surface area contributed by atoms with Crippen LogP contribution in [0.25, 0.3) is 0 Å². The fraction of sp³-hybridized carbons (Fsp3) is 0.667. The zero-order chi connectivity index (χ0) is 7.11. The summed E-state index contributed by atoms with van der Waals surface area (Å²) in [5, 5.41) is 2.65. The number of amides is 1. The Balaban J connectivity index is 2.97. The summed E-state index contributed by atoms with van der Waals surface area (Å²) >= 11 is 0. The molecular formula is C6H13N2O. The van der Waals surface area contributed by atoms with E-state index in [1.807, 2.05) is 0 Å². The summed E-state index contributed by atoms with van der Waals surface area (Å²) in [5.74, 6) is -0.0107. The molecule has 0 aliphatic carbocycles. The smallest absolute Gasteiger partial charge is 0.219 e. The van der Waals surface area contributed by atoms with E-state index in [4.69, 9.17) is 5.73 Å². The second-order valence-electron chi connectivity index (χ2n) is 1.74. The van der Waals surface area contributed by atoms with E-state index >= 15 is 0 Å². The first-order valence-electron chi connectivity index (χ1n) is 3.07. The molecule has 0 atom stereocenters. The van der Waals surface area contributed by atoms with Gasteiger partial charge >= 0.3 is 0 Å². The van der Waals surface area contributed by atoms with Crippen molar-refractivity contribution in [3.63, 3.8) is 0 Å². The maximum atomic E-state index is 10.5. The van der Waals surface area contributed by atoms with Crippen LogP contribution in [-0.4, -0.2) is 19.0 Å². The molecule has 0 rings (SSSR count). The summed E-state index contributed by atoms with van der Waals surface area (Å²) in [5.41, 5.74) is 5.19. The second kappa shape index (κ2) is 5.56. The van der Waals surface area contributed by atoms with Crippen molar-refractivity contribution in [2.45, 2.75) is 12.8 Å². The van der Waals surface area contributed by atoms with Crippen molar-refractivity contribution >= 4 is 5.91 Å². The third-order valence-corrected chi connectivity index (χ3v) is 0.930. The van der Waals surface area contributed by atoms with Gasteiger partial charge in [-0.3, -0.25) is 4.79 Å². The largest absolute Gasteiger partial charge is 0.356 e. The molecule has 0 aliphatic heterocycles. The zero-order valence-corrected chi connectivity index (χ0v) is 5.52. The summed E-state index contributed by atoms with van der Waals surface area (Å²) < 4.78 is 0. The highest BCUT2D eigenvalue weighted by atomic mass is 16.1. The summed E-state index contributed by atoms with van der Waals surface area (Å²) in [7, 11) is 0. The molecule has 0 spiro atoms. The first kappa shape index (κ1) is 8.43. The van der Waals surface area contributed by atoms with Gasteiger partial charge in [-0.1, -0.05) is 0 Å². The van der Waals surface area contributed by atoms with Crippen molar-refractivity contribution in [1.29, 1.82) is 0 Å². The summed E-state index contributed by atoms with van der Waals surface area (Å²) in [6.45, 7) is 4.71. The van der Waals surface area contributed by atoms with E-state index in [1.54, 1.807) is 0 Å². The third-order valence-electron chi connectivity index (χ3n) is 0.930. The lowest BCUT2D eigenvalue weighted by Crippen LogP contribution is -2.24. The number of hydrogen-bond donors (Lipinski definition) is 2. The van der Waals surface area contributed by atoms with Gasteiger partial charge in [0.05, 0.1) is 0 Å². The molecule has 0 aromatic carbocycles. The van der Waals surface area contributed by atoms with Crippen LogP contribution in [0.5, 0.6) is 0 Å². The van der Waals surface area contributed by atoms with E-state index in [1.165, 1.54) is 0 Å². The van der Waals surface area contributed by atoms with Crippen LogP contribution in [0.15, 0.2) is 0 Å². The predicted molar refractivity (Wildman–Crippen MR) is 36.7 cm³/mol. The number of rotatable bonds is 4. The van der Waals surface area contributed by atoms with Gasteiger partial charge in [0, 0.05) is 13.0 Å². The molecule has 0 aliphatic rings. The molecule has 3 nitrogen and oxygen atoms in total. The molecule has 3 heteroatoms. The Bertz CT molecular complexity index is 83.1. The maximum Gasteiger partial charge on any atom is 0.219 e. The van der Waals surface area contributed by atoms with Crippen molar-refractivity contribution < 1.29 is 4.79 Å². The average Bonchev–Trinajstić information content (AvgIpc) is 1.89. The zero-order valence-electron chi connectivity index (χ0n) is 5.52. The molecule has 0 saturated heterocycles. The quantitative estimate of drug-likeness (QED) is 0.511. The van der Waals surface area contributed by atoms with Crippen LogP contribution < -0.4 is 11.1 Å². The number of carbonyl (C=O) groups excluding carboxylic acids is 1. The Morgan fingerprint density at radius 2 is 2.33 bits per heavy atom. The monoisotopic (exact) mass is 129 g/mol.